The minimum atomic E-state index is -0.341. The van der Waals surface area contributed by atoms with Crippen molar-refractivity contribution in [1.29, 1.82) is 0 Å². The van der Waals surface area contributed by atoms with Crippen LogP contribution in [0.15, 0.2) is 36.4 Å². The number of amides is 1. The Labute approximate surface area is 138 Å². The number of hydrogen-bond acceptors (Lipinski definition) is 3. The predicted molar refractivity (Wildman–Crippen MR) is 94.4 cm³/mol. The molecule has 0 fully saturated rings. The number of anilines is 1. The highest BCUT2D eigenvalue weighted by Gasteiger charge is 2.18. The number of carbonyl (C=O) groups is 1. The molecule has 1 N–H and O–H groups in total. The summed E-state index contributed by atoms with van der Waals surface area (Å²) in [5.74, 6) is 0.460. The summed E-state index contributed by atoms with van der Waals surface area (Å²) in [5.41, 5.74) is 4.35. The average molecular weight is 311 g/mol. The van der Waals surface area contributed by atoms with E-state index in [4.69, 9.17) is 4.74 Å². The molecule has 23 heavy (non-hydrogen) atoms. The van der Waals surface area contributed by atoms with E-state index in [-0.39, 0.29) is 18.9 Å². The van der Waals surface area contributed by atoms with E-state index in [9.17, 15) is 10.0 Å². The Morgan fingerprint density at radius 2 is 1.96 bits per heavy atom. The van der Waals surface area contributed by atoms with E-state index in [1.165, 1.54) is 5.46 Å². The molecule has 0 aliphatic rings. The lowest BCUT2D eigenvalue weighted by Crippen LogP contribution is -2.28. The second kappa shape index (κ2) is 7.33. The first-order valence-corrected chi connectivity index (χ1v) is 7.74. The van der Waals surface area contributed by atoms with Crippen LogP contribution in [0.1, 0.15) is 30.0 Å². The molecule has 5 heteroatoms. The molecule has 0 aliphatic heterocycles. The molecule has 0 saturated carbocycles. The molecular weight excluding hydrogens is 289 g/mol. The topological polar surface area (TPSA) is 49.8 Å². The highest BCUT2D eigenvalue weighted by atomic mass is 16.5. The molecule has 2 rings (SSSR count). The first-order chi connectivity index (χ1) is 10.9. The summed E-state index contributed by atoms with van der Waals surface area (Å²) in [6, 6.07) is 11.6. The Bertz CT molecular complexity index is 715. The second-order valence-electron chi connectivity index (χ2n) is 5.70. The molecule has 0 aromatic heterocycles. The Kier molecular flexibility index (Phi) is 5.45. The summed E-state index contributed by atoms with van der Waals surface area (Å²) < 4.78 is 5.89. The fourth-order valence-corrected chi connectivity index (χ4v) is 2.53. The summed E-state index contributed by atoms with van der Waals surface area (Å²) in [5, 5.41) is 10.9. The number of benzene rings is 2. The Hall–Kier alpha value is -2.27. The molecule has 0 spiro atoms. The lowest BCUT2D eigenvalue weighted by molar-refractivity contribution is -0.123. The van der Waals surface area contributed by atoms with Crippen molar-refractivity contribution in [3.63, 3.8) is 0 Å². The van der Waals surface area contributed by atoms with Crippen LogP contribution in [-0.4, -0.2) is 19.0 Å². The van der Waals surface area contributed by atoms with Crippen LogP contribution in [0, 0.1) is 13.8 Å². The standard InChI is InChI=1S/C18H22BNO3/c1-4-17(21)20(22)18-12(2)6-5-7-14(18)11-23-16-9-8-15(19)10-13(16)3/h5-10,22H,4,11,19H2,1-3H3. The molecule has 2 aromatic rings. The average Bonchev–Trinajstić information content (AvgIpc) is 2.52. The van der Waals surface area contributed by atoms with Gasteiger partial charge in [-0.1, -0.05) is 42.7 Å². The van der Waals surface area contributed by atoms with Crippen LogP contribution >= 0.6 is 0 Å². The first kappa shape index (κ1) is 17.1. The van der Waals surface area contributed by atoms with Gasteiger partial charge in [0.25, 0.3) is 0 Å². The van der Waals surface area contributed by atoms with Crippen LogP contribution < -0.4 is 15.3 Å². The zero-order valence-electron chi connectivity index (χ0n) is 14.1. The lowest BCUT2D eigenvalue weighted by atomic mass is 9.94. The van der Waals surface area contributed by atoms with E-state index < -0.39 is 0 Å². The van der Waals surface area contributed by atoms with Crippen LogP contribution in [0.4, 0.5) is 5.69 Å². The van der Waals surface area contributed by atoms with Crippen LogP contribution in [0.5, 0.6) is 5.75 Å². The molecule has 0 radical (unpaired) electrons. The maximum Gasteiger partial charge on any atom is 0.250 e. The van der Waals surface area contributed by atoms with Gasteiger partial charge in [0.05, 0.1) is 5.69 Å². The summed E-state index contributed by atoms with van der Waals surface area (Å²) in [6.07, 6.45) is 0.238. The number of hydroxylamine groups is 1. The summed E-state index contributed by atoms with van der Waals surface area (Å²) in [7, 11) is 2.04. The number of nitrogens with zero attached hydrogens (tertiary/aromatic N) is 1. The molecule has 120 valence electrons. The monoisotopic (exact) mass is 311 g/mol. The van der Waals surface area contributed by atoms with Crippen molar-refractivity contribution in [3.8, 4) is 5.75 Å². The highest BCUT2D eigenvalue weighted by molar-refractivity contribution is 6.32. The third kappa shape index (κ3) is 3.93. The zero-order valence-corrected chi connectivity index (χ0v) is 14.1. The van der Waals surface area contributed by atoms with E-state index in [1.54, 1.807) is 6.92 Å². The van der Waals surface area contributed by atoms with Crippen LogP contribution in [0.2, 0.25) is 0 Å². The van der Waals surface area contributed by atoms with Crippen molar-refractivity contribution >= 4 is 24.9 Å². The highest BCUT2D eigenvalue weighted by Crippen LogP contribution is 2.26. The Morgan fingerprint density at radius 3 is 2.61 bits per heavy atom. The molecule has 0 aliphatic carbocycles. The normalized spacial score (nSPS) is 10.4. The number of para-hydroxylation sites is 1. The van der Waals surface area contributed by atoms with Crippen molar-refractivity contribution in [1.82, 2.24) is 0 Å². The summed E-state index contributed by atoms with van der Waals surface area (Å²) in [4.78, 5) is 11.8. The molecular formula is C18H22BNO3. The van der Waals surface area contributed by atoms with Crippen molar-refractivity contribution in [3.05, 3.63) is 53.1 Å². The van der Waals surface area contributed by atoms with Gasteiger partial charge in [0, 0.05) is 12.0 Å². The first-order valence-electron chi connectivity index (χ1n) is 7.74. The Morgan fingerprint density at radius 1 is 1.22 bits per heavy atom. The van der Waals surface area contributed by atoms with Crippen molar-refractivity contribution in [2.75, 3.05) is 5.06 Å². The quantitative estimate of drug-likeness (QED) is 0.523. The van der Waals surface area contributed by atoms with E-state index in [0.29, 0.717) is 5.69 Å². The maximum absolute atomic E-state index is 11.8. The van der Waals surface area contributed by atoms with Crippen molar-refractivity contribution < 1.29 is 14.7 Å². The van der Waals surface area contributed by atoms with Gasteiger partial charge in [-0.25, -0.2) is 0 Å². The molecule has 0 saturated heterocycles. The number of ether oxygens (including phenoxy) is 1. The van der Waals surface area contributed by atoms with Crippen molar-refractivity contribution in [2.45, 2.75) is 33.8 Å². The zero-order chi connectivity index (χ0) is 17.0. The molecule has 0 unspecified atom stereocenters. The number of rotatable bonds is 5. The van der Waals surface area contributed by atoms with Gasteiger partial charge in [0.15, 0.2) is 0 Å². The van der Waals surface area contributed by atoms with Crippen LogP contribution in [0.25, 0.3) is 0 Å². The van der Waals surface area contributed by atoms with Gasteiger partial charge in [-0.15, -0.1) is 0 Å². The van der Waals surface area contributed by atoms with Crippen LogP contribution in [0.3, 0.4) is 0 Å². The number of hydrogen-bond donors (Lipinski definition) is 1. The molecule has 0 heterocycles. The van der Waals surface area contributed by atoms with Gasteiger partial charge in [0.2, 0.25) is 5.91 Å². The number of carbonyl (C=O) groups excluding carboxylic acids is 1. The lowest BCUT2D eigenvalue weighted by Gasteiger charge is -2.21. The van der Waals surface area contributed by atoms with Gasteiger partial charge < -0.3 is 4.74 Å². The van der Waals surface area contributed by atoms with E-state index in [1.807, 2.05) is 52.0 Å². The molecule has 1 amide bonds. The minimum absolute atomic E-state index is 0.238. The molecule has 0 atom stereocenters. The Balaban J connectivity index is 2.26. The van der Waals surface area contributed by atoms with E-state index in [0.717, 1.165) is 27.5 Å². The van der Waals surface area contributed by atoms with E-state index in [2.05, 4.69) is 6.07 Å². The minimum Gasteiger partial charge on any atom is -0.489 e. The molecule has 2 aromatic carbocycles. The second-order valence-corrected chi connectivity index (χ2v) is 5.70. The molecule has 4 nitrogen and oxygen atoms in total. The largest absolute Gasteiger partial charge is 0.489 e. The number of aryl methyl sites for hydroxylation is 2. The predicted octanol–water partition coefficient (Wildman–Crippen LogP) is 2.27. The third-order valence-electron chi connectivity index (χ3n) is 3.79. The molecule has 0 bridgehead atoms. The smallest absolute Gasteiger partial charge is 0.250 e. The maximum atomic E-state index is 11.8. The fourth-order valence-electron chi connectivity index (χ4n) is 2.53. The third-order valence-corrected chi connectivity index (χ3v) is 3.79. The van der Waals surface area contributed by atoms with Crippen LogP contribution in [-0.2, 0) is 11.4 Å². The van der Waals surface area contributed by atoms with Gasteiger partial charge in [-0.3, -0.25) is 10.0 Å². The van der Waals surface area contributed by atoms with E-state index >= 15 is 0 Å². The summed E-state index contributed by atoms with van der Waals surface area (Å²) in [6.45, 7) is 5.87. The van der Waals surface area contributed by atoms with Gasteiger partial charge in [0.1, 0.15) is 20.2 Å². The van der Waals surface area contributed by atoms with Crippen molar-refractivity contribution in [2.24, 2.45) is 0 Å². The fraction of sp³-hybridized carbons (Fsp3) is 0.278. The summed E-state index contributed by atoms with van der Waals surface area (Å²) >= 11 is 0. The van der Waals surface area contributed by atoms with Gasteiger partial charge in [-0.05, 0) is 31.0 Å². The van der Waals surface area contributed by atoms with Gasteiger partial charge >= 0.3 is 0 Å². The SMILES string of the molecule is Bc1ccc(OCc2cccc(C)c2N(O)C(=O)CC)c(C)c1. The van der Waals surface area contributed by atoms with Gasteiger partial charge in [-0.2, -0.15) is 5.06 Å².